The summed E-state index contributed by atoms with van der Waals surface area (Å²) in [4.78, 5) is 16.3. The Morgan fingerprint density at radius 3 is 3.10 bits per heavy atom. The van der Waals surface area contributed by atoms with Crippen LogP contribution in [0.1, 0.15) is 16.9 Å². The van der Waals surface area contributed by atoms with E-state index >= 15 is 0 Å². The Labute approximate surface area is 123 Å². The van der Waals surface area contributed by atoms with E-state index in [-0.39, 0.29) is 11.9 Å². The molecule has 110 valence electrons. The van der Waals surface area contributed by atoms with Crippen LogP contribution in [-0.2, 0) is 0 Å². The molecule has 0 bridgehead atoms. The lowest BCUT2D eigenvalue weighted by atomic mass is 10.2. The van der Waals surface area contributed by atoms with Crippen LogP contribution in [0.3, 0.4) is 0 Å². The Morgan fingerprint density at radius 2 is 2.33 bits per heavy atom. The van der Waals surface area contributed by atoms with Crippen molar-refractivity contribution in [2.24, 2.45) is 0 Å². The highest BCUT2D eigenvalue weighted by Gasteiger charge is 2.19. The maximum atomic E-state index is 12.2. The topological polar surface area (TPSA) is 68.2 Å². The van der Waals surface area contributed by atoms with Crippen molar-refractivity contribution in [2.75, 3.05) is 20.2 Å². The van der Waals surface area contributed by atoms with Gasteiger partial charge in [0.15, 0.2) is 0 Å². The smallest absolute Gasteiger partial charge is 0.271 e. The number of hydrogen-bond donors (Lipinski definition) is 2. The molecule has 1 aliphatic heterocycles. The zero-order valence-corrected chi connectivity index (χ0v) is 11.9. The predicted octanol–water partition coefficient (Wildman–Crippen LogP) is 0.973. The Bertz CT molecular complexity index is 632. The van der Waals surface area contributed by atoms with Crippen LogP contribution in [0.15, 0.2) is 36.8 Å². The molecule has 1 aliphatic rings. The zero-order valence-electron chi connectivity index (χ0n) is 11.9. The van der Waals surface area contributed by atoms with Gasteiger partial charge in [0.2, 0.25) is 0 Å². The third-order valence-electron chi connectivity index (χ3n) is 3.57. The standard InChI is InChI=1S/C15H18N4O2/c1-21-14-5-3-2-4-13(14)19-9-12(17-10-19)15(20)18-11-6-7-16-8-11/h2-5,9-11,16H,6-8H2,1H3,(H,18,20). The van der Waals surface area contributed by atoms with Gasteiger partial charge in [0.1, 0.15) is 17.8 Å². The average Bonchev–Trinajstić information content (AvgIpc) is 3.18. The minimum absolute atomic E-state index is 0.141. The molecule has 0 radical (unpaired) electrons. The number of nitrogens with zero attached hydrogens (tertiary/aromatic N) is 2. The molecular formula is C15H18N4O2. The van der Waals surface area contributed by atoms with Gasteiger partial charge in [0.25, 0.3) is 5.91 Å². The molecule has 0 spiro atoms. The van der Waals surface area contributed by atoms with Crippen molar-refractivity contribution in [3.05, 3.63) is 42.5 Å². The Kier molecular flexibility index (Phi) is 3.87. The quantitative estimate of drug-likeness (QED) is 0.879. The van der Waals surface area contributed by atoms with Crippen LogP contribution >= 0.6 is 0 Å². The number of carbonyl (C=O) groups excluding carboxylic acids is 1. The van der Waals surface area contributed by atoms with Gasteiger partial charge in [-0.05, 0) is 25.1 Å². The number of amides is 1. The van der Waals surface area contributed by atoms with Gasteiger partial charge in [-0.2, -0.15) is 0 Å². The molecule has 1 saturated heterocycles. The second-order valence-electron chi connectivity index (χ2n) is 5.00. The third kappa shape index (κ3) is 2.90. The lowest BCUT2D eigenvalue weighted by Crippen LogP contribution is -2.36. The molecule has 2 aromatic rings. The zero-order chi connectivity index (χ0) is 14.7. The van der Waals surface area contributed by atoms with Crippen LogP contribution in [0.4, 0.5) is 0 Å². The van der Waals surface area contributed by atoms with E-state index in [1.807, 2.05) is 24.3 Å². The molecular weight excluding hydrogens is 268 g/mol. The van der Waals surface area contributed by atoms with Crippen LogP contribution in [0.5, 0.6) is 5.75 Å². The van der Waals surface area contributed by atoms with Crippen LogP contribution in [0, 0.1) is 0 Å². The number of rotatable bonds is 4. The molecule has 0 aliphatic carbocycles. The SMILES string of the molecule is COc1ccccc1-n1cnc(C(=O)NC2CCNC2)c1. The Balaban J connectivity index is 1.77. The molecule has 6 heteroatoms. The molecule has 21 heavy (non-hydrogen) atoms. The van der Waals surface area contributed by atoms with E-state index in [2.05, 4.69) is 15.6 Å². The normalized spacial score (nSPS) is 17.7. The summed E-state index contributed by atoms with van der Waals surface area (Å²) in [7, 11) is 1.62. The lowest BCUT2D eigenvalue weighted by Gasteiger charge is -2.09. The number of para-hydroxylation sites is 2. The van der Waals surface area contributed by atoms with E-state index in [4.69, 9.17) is 4.74 Å². The Morgan fingerprint density at radius 1 is 1.48 bits per heavy atom. The van der Waals surface area contributed by atoms with E-state index in [1.165, 1.54) is 0 Å². The van der Waals surface area contributed by atoms with Crippen molar-refractivity contribution in [1.82, 2.24) is 20.2 Å². The first-order chi connectivity index (χ1) is 10.3. The first kappa shape index (κ1) is 13.6. The predicted molar refractivity (Wildman–Crippen MR) is 78.9 cm³/mol. The van der Waals surface area contributed by atoms with Gasteiger partial charge in [0, 0.05) is 18.8 Å². The van der Waals surface area contributed by atoms with Gasteiger partial charge in [-0.25, -0.2) is 4.98 Å². The summed E-state index contributed by atoms with van der Waals surface area (Å²) in [6.45, 7) is 1.76. The van der Waals surface area contributed by atoms with Crippen LogP contribution in [0.25, 0.3) is 5.69 Å². The minimum Gasteiger partial charge on any atom is -0.495 e. The second-order valence-corrected chi connectivity index (χ2v) is 5.00. The maximum absolute atomic E-state index is 12.2. The molecule has 1 amide bonds. The number of methoxy groups -OCH3 is 1. The van der Waals surface area contributed by atoms with Crippen molar-refractivity contribution in [3.8, 4) is 11.4 Å². The highest BCUT2D eigenvalue weighted by Crippen LogP contribution is 2.21. The fourth-order valence-corrected chi connectivity index (χ4v) is 2.45. The third-order valence-corrected chi connectivity index (χ3v) is 3.57. The second kappa shape index (κ2) is 5.97. The first-order valence-electron chi connectivity index (χ1n) is 6.97. The number of carbonyl (C=O) groups is 1. The summed E-state index contributed by atoms with van der Waals surface area (Å²) < 4.78 is 7.11. The van der Waals surface area contributed by atoms with Gasteiger partial charge >= 0.3 is 0 Å². The van der Waals surface area contributed by atoms with Gasteiger partial charge in [0.05, 0.1) is 12.8 Å². The molecule has 2 heterocycles. The van der Waals surface area contributed by atoms with Gasteiger partial charge < -0.3 is 19.9 Å². The number of aromatic nitrogens is 2. The van der Waals surface area contributed by atoms with Crippen molar-refractivity contribution in [3.63, 3.8) is 0 Å². The summed E-state index contributed by atoms with van der Waals surface area (Å²) in [5.41, 5.74) is 1.27. The molecule has 1 aromatic carbocycles. The number of nitrogens with one attached hydrogen (secondary N) is 2. The van der Waals surface area contributed by atoms with Crippen molar-refractivity contribution in [1.29, 1.82) is 0 Å². The van der Waals surface area contributed by atoms with E-state index < -0.39 is 0 Å². The monoisotopic (exact) mass is 286 g/mol. The van der Waals surface area contributed by atoms with Crippen molar-refractivity contribution < 1.29 is 9.53 Å². The minimum atomic E-state index is -0.141. The number of benzene rings is 1. The fraction of sp³-hybridized carbons (Fsp3) is 0.333. The molecule has 1 aromatic heterocycles. The van der Waals surface area contributed by atoms with E-state index in [9.17, 15) is 4.79 Å². The van der Waals surface area contributed by atoms with Gasteiger partial charge in [-0.15, -0.1) is 0 Å². The summed E-state index contributed by atoms with van der Waals surface area (Å²) in [6, 6.07) is 7.80. The molecule has 6 nitrogen and oxygen atoms in total. The van der Waals surface area contributed by atoms with Crippen LogP contribution in [0.2, 0.25) is 0 Å². The molecule has 1 atom stereocenters. The Hall–Kier alpha value is -2.34. The highest BCUT2D eigenvalue weighted by molar-refractivity contribution is 5.92. The summed E-state index contributed by atoms with van der Waals surface area (Å²) in [6.07, 6.45) is 4.30. The first-order valence-corrected chi connectivity index (χ1v) is 6.97. The molecule has 0 saturated carbocycles. The van der Waals surface area contributed by atoms with Crippen LogP contribution < -0.4 is 15.4 Å². The van der Waals surface area contributed by atoms with Gasteiger partial charge in [-0.3, -0.25) is 4.79 Å². The number of imidazole rings is 1. The number of hydrogen-bond acceptors (Lipinski definition) is 4. The van der Waals surface area contributed by atoms with E-state index in [0.717, 1.165) is 30.9 Å². The van der Waals surface area contributed by atoms with E-state index in [0.29, 0.717) is 5.69 Å². The summed E-state index contributed by atoms with van der Waals surface area (Å²) >= 11 is 0. The number of ether oxygens (including phenoxy) is 1. The molecule has 3 rings (SSSR count). The lowest BCUT2D eigenvalue weighted by molar-refractivity contribution is 0.0935. The summed E-state index contributed by atoms with van der Waals surface area (Å²) in [5, 5.41) is 6.20. The molecule has 1 unspecified atom stereocenters. The van der Waals surface area contributed by atoms with Crippen molar-refractivity contribution >= 4 is 5.91 Å². The van der Waals surface area contributed by atoms with Crippen molar-refractivity contribution in [2.45, 2.75) is 12.5 Å². The van der Waals surface area contributed by atoms with Crippen LogP contribution in [-0.4, -0.2) is 41.7 Å². The summed E-state index contributed by atoms with van der Waals surface area (Å²) in [5.74, 6) is 0.596. The largest absolute Gasteiger partial charge is 0.495 e. The fourth-order valence-electron chi connectivity index (χ4n) is 2.45. The van der Waals surface area contributed by atoms with E-state index in [1.54, 1.807) is 24.2 Å². The van der Waals surface area contributed by atoms with Gasteiger partial charge in [-0.1, -0.05) is 12.1 Å². The maximum Gasteiger partial charge on any atom is 0.271 e. The molecule has 1 fully saturated rings. The molecule has 2 N–H and O–H groups in total. The highest BCUT2D eigenvalue weighted by atomic mass is 16.5. The average molecular weight is 286 g/mol.